The zero-order valence-corrected chi connectivity index (χ0v) is 11.7. The first-order chi connectivity index (χ1) is 10.6. The Bertz CT molecular complexity index is 763. The summed E-state index contributed by atoms with van der Waals surface area (Å²) in [5.41, 5.74) is 0.713. The van der Waals surface area contributed by atoms with Gasteiger partial charge < -0.3 is 14.2 Å². The van der Waals surface area contributed by atoms with Gasteiger partial charge in [0.25, 0.3) is 5.91 Å². The van der Waals surface area contributed by atoms with Gasteiger partial charge in [0, 0.05) is 5.56 Å². The van der Waals surface area contributed by atoms with E-state index in [-0.39, 0.29) is 17.5 Å². The molecule has 112 valence electrons. The maximum Gasteiger partial charge on any atom is 0.287 e. The molecule has 0 aliphatic rings. The third-order valence-electron chi connectivity index (χ3n) is 3.12. The molecule has 0 radical (unpaired) electrons. The first kappa shape index (κ1) is 14.1. The number of benzene rings is 1. The van der Waals surface area contributed by atoms with Gasteiger partial charge in [-0.15, -0.1) is 0 Å². The fourth-order valence-corrected chi connectivity index (χ4v) is 1.97. The summed E-state index contributed by atoms with van der Waals surface area (Å²) in [5.74, 6) is 0.423. The van der Waals surface area contributed by atoms with Crippen LogP contribution in [0.25, 0.3) is 11.3 Å². The highest BCUT2D eigenvalue weighted by Gasteiger charge is 2.18. The van der Waals surface area contributed by atoms with Crippen molar-refractivity contribution in [2.24, 2.45) is 0 Å². The monoisotopic (exact) mass is 300 g/mol. The Kier molecular flexibility index (Phi) is 3.74. The maximum absolute atomic E-state index is 12.9. The van der Waals surface area contributed by atoms with Crippen molar-refractivity contribution in [3.63, 3.8) is 0 Å². The number of nitrogens with one attached hydrogen (secondary N) is 1. The minimum atomic E-state index is -0.424. The molecule has 3 rings (SSSR count). The normalized spacial score (nSPS) is 12.1. The zero-order chi connectivity index (χ0) is 15.5. The summed E-state index contributed by atoms with van der Waals surface area (Å²) >= 11 is 0. The number of nitrogens with zero attached hydrogens (tertiary/aromatic N) is 1. The van der Waals surface area contributed by atoms with E-state index < -0.39 is 6.04 Å². The first-order valence-electron chi connectivity index (χ1n) is 6.69. The fourth-order valence-electron chi connectivity index (χ4n) is 1.97. The van der Waals surface area contributed by atoms with Crippen LogP contribution in [0.3, 0.4) is 0 Å². The molecular formula is C16H13FN2O3. The molecule has 1 unspecified atom stereocenters. The van der Waals surface area contributed by atoms with Gasteiger partial charge in [-0.25, -0.2) is 9.37 Å². The van der Waals surface area contributed by atoms with E-state index in [0.717, 1.165) is 0 Å². The summed E-state index contributed by atoms with van der Waals surface area (Å²) in [4.78, 5) is 16.0. The van der Waals surface area contributed by atoms with Crippen molar-refractivity contribution < 1.29 is 18.0 Å². The van der Waals surface area contributed by atoms with E-state index in [0.29, 0.717) is 17.2 Å². The lowest BCUT2D eigenvalue weighted by molar-refractivity contribution is 0.0906. The standard InChI is InChI=1S/C16H13FN2O3/c1-10(19-15(20)13-3-2-8-21-13)16-18-9-14(22-16)11-4-6-12(17)7-5-11/h2-10H,1H3,(H,19,20). The van der Waals surface area contributed by atoms with Crippen molar-refractivity contribution in [2.45, 2.75) is 13.0 Å². The lowest BCUT2D eigenvalue weighted by atomic mass is 10.2. The van der Waals surface area contributed by atoms with Gasteiger partial charge in [0.1, 0.15) is 11.9 Å². The van der Waals surface area contributed by atoms with Crippen LogP contribution in [0, 0.1) is 5.82 Å². The van der Waals surface area contributed by atoms with Crippen LogP contribution in [-0.4, -0.2) is 10.9 Å². The van der Waals surface area contributed by atoms with Crippen molar-refractivity contribution in [2.75, 3.05) is 0 Å². The number of hydrogen-bond acceptors (Lipinski definition) is 4. The number of carbonyl (C=O) groups is 1. The van der Waals surface area contributed by atoms with Gasteiger partial charge in [-0.3, -0.25) is 4.79 Å². The Morgan fingerprint density at radius 2 is 2.05 bits per heavy atom. The van der Waals surface area contributed by atoms with Gasteiger partial charge in [0.2, 0.25) is 5.89 Å². The number of rotatable bonds is 4. The van der Waals surface area contributed by atoms with Crippen molar-refractivity contribution in [1.29, 1.82) is 0 Å². The second-order valence-electron chi connectivity index (χ2n) is 4.74. The predicted octanol–water partition coefficient (Wildman–Crippen LogP) is 3.56. The number of amides is 1. The maximum atomic E-state index is 12.9. The molecule has 0 aliphatic carbocycles. The molecule has 0 bridgehead atoms. The first-order valence-corrected chi connectivity index (χ1v) is 6.69. The molecule has 1 atom stereocenters. The average molecular weight is 300 g/mol. The summed E-state index contributed by atoms with van der Waals surface area (Å²) in [6, 6.07) is 8.68. The number of furan rings is 1. The van der Waals surface area contributed by atoms with E-state index in [2.05, 4.69) is 10.3 Å². The van der Waals surface area contributed by atoms with E-state index in [4.69, 9.17) is 8.83 Å². The molecule has 0 fully saturated rings. The Balaban J connectivity index is 1.73. The van der Waals surface area contributed by atoms with E-state index >= 15 is 0 Å². The van der Waals surface area contributed by atoms with Crippen LogP contribution in [0.4, 0.5) is 4.39 Å². The van der Waals surface area contributed by atoms with Gasteiger partial charge in [0.05, 0.1) is 12.5 Å². The minimum absolute atomic E-state index is 0.220. The average Bonchev–Trinajstić information content (AvgIpc) is 3.20. The molecule has 1 amide bonds. The molecule has 6 heteroatoms. The molecule has 1 N–H and O–H groups in total. The third kappa shape index (κ3) is 2.90. The molecule has 0 spiro atoms. The Morgan fingerprint density at radius 3 is 2.73 bits per heavy atom. The molecule has 3 aromatic rings. The third-order valence-corrected chi connectivity index (χ3v) is 3.12. The Labute approximate surface area is 125 Å². The van der Waals surface area contributed by atoms with Gasteiger partial charge >= 0.3 is 0 Å². The molecule has 0 saturated carbocycles. The quantitative estimate of drug-likeness (QED) is 0.800. The molecule has 2 heterocycles. The SMILES string of the molecule is CC(NC(=O)c1ccco1)c1ncc(-c2ccc(F)cc2)o1. The van der Waals surface area contributed by atoms with Crippen LogP contribution in [-0.2, 0) is 0 Å². The van der Waals surface area contributed by atoms with Crippen molar-refractivity contribution in [1.82, 2.24) is 10.3 Å². The summed E-state index contributed by atoms with van der Waals surface area (Å²) < 4.78 is 23.5. The largest absolute Gasteiger partial charge is 0.459 e. The van der Waals surface area contributed by atoms with Crippen molar-refractivity contribution in [3.8, 4) is 11.3 Å². The van der Waals surface area contributed by atoms with Gasteiger partial charge in [0.15, 0.2) is 11.5 Å². The van der Waals surface area contributed by atoms with Crippen LogP contribution in [0.5, 0.6) is 0 Å². The highest BCUT2D eigenvalue weighted by molar-refractivity contribution is 5.91. The van der Waals surface area contributed by atoms with Crippen LogP contribution < -0.4 is 5.32 Å². The molecule has 1 aromatic carbocycles. The van der Waals surface area contributed by atoms with E-state index in [9.17, 15) is 9.18 Å². The predicted molar refractivity (Wildman–Crippen MR) is 76.5 cm³/mol. The molecular weight excluding hydrogens is 287 g/mol. The van der Waals surface area contributed by atoms with Crippen LogP contribution in [0.15, 0.2) is 57.7 Å². The Morgan fingerprint density at radius 1 is 1.27 bits per heavy atom. The van der Waals surface area contributed by atoms with Crippen molar-refractivity contribution >= 4 is 5.91 Å². The molecule has 22 heavy (non-hydrogen) atoms. The van der Waals surface area contributed by atoms with Crippen molar-refractivity contribution in [3.05, 3.63) is 66.3 Å². The second-order valence-corrected chi connectivity index (χ2v) is 4.74. The lowest BCUT2D eigenvalue weighted by Gasteiger charge is -2.08. The van der Waals surface area contributed by atoms with Gasteiger partial charge in [-0.05, 0) is 43.3 Å². The molecule has 5 nitrogen and oxygen atoms in total. The highest BCUT2D eigenvalue weighted by atomic mass is 19.1. The van der Waals surface area contributed by atoms with Gasteiger partial charge in [-0.2, -0.15) is 0 Å². The summed E-state index contributed by atoms with van der Waals surface area (Å²) in [6.45, 7) is 1.75. The van der Waals surface area contributed by atoms with E-state index in [1.807, 2.05) is 0 Å². The number of aromatic nitrogens is 1. The smallest absolute Gasteiger partial charge is 0.287 e. The number of halogens is 1. The zero-order valence-electron chi connectivity index (χ0n) is 11.7. The highest BCUT2D eigenvalue weighted by Crippen LogP contribution is 2.23. The molecule has 0 saturated heterocycles. The van der Waals surface area contributed by atoms with Gasteiger partial charge in [-0.1, -0.05) is 0 Å². The summed E-state index contributed by atoms with van der Waals surface area (Å²) in [5, 5.41) is 2.72. The van der Waals surface area contributed by atoms with E-state index in [1.54, 1.807) is 31.2 Å². The molecule has 0 aliphatic heterocycles. The van der Waals surface area contributed by atoms with Crippen LogP contribution in [0.2, 0.25) is 0 Å². The summed E-state index contributed by atoms with van der Waals surface area (Å²) in [7, 11) is 0. The van der Waals surface area contributed by atoms with Crippen LogP contribution in [0.1, 0.15) is 29.4 Å². The molecule has 2 aromatic heterocycles. The number of oxazole rings is 1. The lowest BCUT2D eigenvalue weighted by Crippen LogP contribution is -2.26. The number of carbonyl (C=O) groups excluding carboxylic acids is 1. The van der Waals surface area contributed by atoms with Crippen LogP contribution >= 0.6 is 0 Å². The second kappa shape index (κ2) is 5.85. The Hall–Kier alpha value is -2.89. The fraction of sp³-hybridized carbons (Fsp3) is 0.125. The minimum Gasteiger partial charge on any atom is -0.459 e. The number of hydrogen-bond donors (Lipinski definition) is 1. The summed E-state index contributed by atoms with van der Waals surface area (Å²) in [6.07, 6.45) is 2.97. The topological polar surface area (TPSA) is 68.3 Å². The van der Waals surface area contributed by atoms with E-state index in [1.165, 1.54) is 24.6 Å².